The Labute approximate surface area is 173 Å². The van der Waals surface area contributed by atoms with Gasteiger partial charge in [0.2, 0.25) is 5.88 Å². The van der Waals surface area contributed by atoms with Crippen molar-refractivity contribution in [1.29, 1.82) is 0 Å². The molecule has 4 aromatic rings. The van der Waals surface area contributed by atoms with Gasteiger partial charge < -0.3 is 20.3 Å². The molecule has 4 aromatic heterocycles. The van der Waals surface area contributed by atoms with Gasteiger partial charge in [-0.25, -0.2) is 9.97 Å². The number of methoxy groups -OCH3 is 2. The molecule has 1 amide bonds. The smallest absolute Gasteiger partial charge is 0.422 e. The zero-order chi connectivity index (χ0) is 22.3. The Kier molecular flexibility index (Phi) is 4.68. The van der Waals surface area contributed by atoms with Gasteiger partial charge in [0.15, 0.2) is 5.75 Å². The lowest BCUT2D eigenvalue weighted by atomic mass is 10.1. The van der Waals surface area contributed by atoms with Crippen molar-refractivity contribution in [2.45, 2.75) is 6.05 Å². The number of hydrogen-bond donors (Lipinski definition) is 2. The molecule has 0 aliphatic carbocycles. The molecule has 0 aromatic carbocycles. The van der Waals surface area contributed by atoms with Crippen LogP contribution in [0.15, 0.2) is 43.0 Å². The fourth-order valence-corrected chi connectivity index (χ4v) is 3.01. The standard InChI is InChI=1S/C19H16F2N6O4/c1-30-15-5-10(6-23-16(15)31-2)13-4-3-12-14(25-13)9-26(17(12)28)11-7-24-27(8-11)19(20,21)18(22)29/h3-9,28H,1-2H3,(H2,22,29). The van der Waals surface area contributed by atoms with E-state index in [1.165, 1.54) is 25.0 Å². The molecule has 0 saturated heterocycles. The number of fused-ring (bicyclic) bond motifs is 1. The number of hydrogen-bond acceptors (Lipinski definition) is 7. The van der Waals surface area contributed by atoms with Crippen molar-refractivity contribution in [2.75, 3.05) is 14.2 Å². The molecular weight excluding hydrogens is 414 g/mol. The molecule has 160 valence electrons. The maximum absolute atomic E-state index is 13.8. The SMILES string of the molecule is COc1cc(-c2ccc3c(O)n(-c4cnn(C(F)(F)C(N)=O)c4)cc3n2)cnc1OC. The van der Waals surface area contributed by atoms with E-state index in [4.69, 9.17) is 15.2 Å². The van der Waals surface area contributed by atoms with Crippen LogP contribution in [0.3, 0.4) is 0 Å². The number of amides is 1. The van der Waals surface area contributed by atoms with E-state index in [0.717, 1.165) is 12.4 Å². The molecule has 4 rings (SSSR count). The second kappa shape index (κ2) is 7.23. The van der Waals surface area contributed by atoms with Crippen LogP contribution in [-0.2, 0) is 10.8 Å². The number of halogens is 2. The maximum atomic E-state index is 13.8. The number of alkyl halides is 2. The topological polar surface area (TPSA) is 130 Å². The van der Waals surface area contributed by atoms with Crippen molar-refractivity contribution in [2.24, 2.45) is 5.73 Å². The van der Waals surface area contributed by atoms with Crippen LogP contribution in [0.4, 0.5) is 8.78 Å². The lowest BCUT2D eigenvalue weighted by molar-refractivity contribution is -0.159. The van der Waals surface area contributed by atoms with Crippen LogP contribution in [-0.4, -0.2) is 49.5 Å². The fraction of sp³-hybridized carbons (Fsp3) is 0.158. The van der Waals surface area contributed by atoms with Crippen LogP contribution >= 0.6 is 0 Å². The Bertz CT molecular complexity index is 1300. The van der Waals surface area contributed by atoms with Crippen molar-refractivity contribution in [1.82, 2.24) is 24.3 Å². The number of aromatic hydroxyl groups is 1. The van der Waals surface area contributed by atoms with Gasteiger partial charge in [-0.15, -0.1) is 0 Å². The lowest BCUT2D eigenvalue weighted by Crippen LogP contribution is -2.38. The number of primary amides is 1. The highest BCUT2D eigenvalue weighted by atomic mass is 19.3. The summed E-state index contributed by atoms with van der Waals surface area (Å²) in [7, 11) is 2.96. The van der Waals surface area contributed by atoms with Crippen LogP contribution in [0.2, 0.25) is 0 Å². The minimum absolute atomic E-state index is 0.0887. The number of carbonyl (C=O) groups excluding carboxylic acids is 1. The van der Waals surface area contributed by atoms with Crippen LogP contribution < -0.4 is 15.2 Å². The van der Waals surface area contributed by atoms with Gasteiger partial charge in [0.05, 0.1) is 48.9 Å². The van der Waals surface area contributed by atoms with Crippen LogP contribution in [0, 0.1) is 0 Å². The van der Waals surface area contributed by atoms with Crippen molar-refractivity contribution in [3.8, 4) is 34.5 Å². The average molecular weight is 430 g/mol. The summed E-state index contributed by atoms with van der Waals surface area (Å²) >= 11 is 0. The Morgan fingerprint density at radius 3 is 2.65 bits per heavy atom. The highest BCUT2D eigenvalue weighted by Crippen LogP contribution is 2.33. The monoisotopic (exact) mass is 430 g/mol. The zero-order valence-corrected chi connectivity index (χ0v) is 16.3. The second-order valence-electron chi connectivity index (χ2n) is 6.44. The summed E-state index contributed by atoms with van der Waals surface area (Å²) in [5.41, 5.74) is 6.37. The molecule has 0 radical (unpaired) electrons. The summed E-state index contributed by atoms with van der Waals surface area (Å²) in [6.07, 6.45) is 4.96. The lowest BCUT2D eigenvalue weighted by Gasteiger charge is -2.11. The van der Waals surface area contributed by atoms with Crippen LogP contribution in [0.5, 0.6) is 17.5 Å². The number of rotatable bonds is 6. The first-order chi connectivity index (χ1) is 14.8. The molecule has 12 heteroatoms. The third kappa shape index (κ3) is 3.27. The minimum atomic E-state index is -4.01. The normalized spacial score (nSPS) is 11.6. The van der Waals surface area contributed by atoms with E-state index < -0.39 is 12.0 Å². The Balaban J connectivity index is 1.76. The molecule has 0 spiro atoms. The molecule has 4 heterocycles. The Morgan fingerprint density at radius 1 is 1.19 bits per heavy atom. The molecule has 0 saturated carbocycles. The first kappa shape index (κ1) is 20.1. The van der Waals surface area contributed by atoms with E-state index in [-0.39, 0.29) is 16.2 Å². The molecule has 0 aliphatic heterocycles. The number of nitrogens with zero attached hydrogens (tertiary/aromatic N) is 5. The van der Waals surface area contributed by atoms with Crippen molar-refractivity contribution >= 4 is 16.8 Å². The summed E-state index contributed by atoms with van der Waals surface area (Å²) in [4.78, 5) is 19.6. The van der Waals surface area contributed by atoms with E-state index >= 15 is 0 Å². The highest BCUT2D eigenvalue weighted by Gasteiger charge is 2.40. The summed E-state index contributed by atoms with van der Waals surface area (Å²) in [5, 5.41) is 14.4. The molecule has 10 nitrogen and oxygen atoms in total. The molecule has 0 unspecified atom stereocenters. The van der Waals surface area contributed by atoms with Gasteiger partial charge in [-0.3, -0.25) is 9.36 Å². The van der Waals surface area contributed by atoms with Gasteiger partial charge in [0, 0.05) is 18.0 Å². The van der Waals surface area contributed by atoms with Gasteiger partial charge in [0.1, 0.15) is 0 Å². The number of pyridine rings is 2. The number of aromatic nitrogens is 5. The van der Waals surface area contributed by atoms with Crippen LogP contribution in [0.1, 0.15) is 0 Å². The third-order valence-electron chi connectivity index (χ3n) is 4.60. The molecule has 0 atom stereocenters. The van der Waals surface area contributed by atoms with E-state index in [0.29, 0.717) is 33.8 Å². The van der Waals surface area contributed by atoms with Crippen molar-refractivity contribution < 1.29 is 28.2 Å². The second-order valence-corrected chi connectivity index (χ2v) is 6.44. The first-order valence-electron chi connectivity index (χ1n) is 8.79. The summed E-state index contributed by atoms with van der Waals surface area (Å²) < 4.78 is 39.3. The number of ether oxygens (including phenoxy) is 2. The van der Waals surface area contributed by atoms with E-state index in [1.54, 1.807) is 24.4 Å². The number of carbonyl (C=O) groups is 1. The van der Waals surface area contributed by atoms with Gasteiger partial charge >= 0.3 is 12.0 Å². The summed E-state index contributed by atoms with van der Waals surface area (Å²) in [6.45, 7) is 0. The Hall–Kier alpha value is -4.22. The van der Waals surface area contributed by atoms with Gasteiger partial charge in [-0.2, -0.15) is 18.6 Å². The van der Waals surface area contributed by atoms with Gasteiger partial charge in [0.25, 0.3) is 5.88 Å². The minimum Gasteiger partial charge on any atom is -0.494 e. The van der Waals surface area contributed by atoms with E-state index in [1.807, 2.05) is 0 Å². The molecular formula is C19H16F2N6O4. The Morgan fingerprint density at radius 2 is 1.97 bits per heavy atom. The summed E-state index contributed by atoms with van der Waals surface area (Å²) in [5.74, 6) is -1.34. The predicted octanol–water partition coefficient (Wildman–Crippen LogP) is 2.04. The molecule has 0 bridgehead atoms. The maximum Gasteiger partial charge on any atom is 0.422 e. The van der Waals surface area contributed by atoms with Crippen molar-refractivity contribution in [3.05, 3.63) is 43.0 Å². The fourth-order valence-electron chi connectivity index (χ4n) is 3.01. The van der Waals surface area contributed by atoms with Gasteiger partial charge in [-0.05, 0) is 18.2 Å². The third-order valence-corrected chi connectivity index (χ3v) is 4.60. The molecule has 31 heavy (non-hydrogen) atoms. The van der Waals surface area contributed by atoms with Crippen LogP contribution in [0.25, 0.3) is 27.8 Å². The highest BCUT2D eigenvalue weighted by molar-refractivity contribution is 5.87. The van der Waals surface area contributed by atoms with Gasteiger partial charge in [-0.1, -0.05) is 0 Å². The average Bonchev–Trinajstić information content (AvgIpc) is 3.38. The molecule has 3 N–H and O–H groups in total. The largest absolute Gasteiger partial charge is 0.494 e. The molecule has 0 aliphatic rings. The predicted molar refractivity (Wildman–Crippen MR) is 104 cm³/mol. The molecule has 0 fully saturated rings. The quantitative estimate of drug-likeness (QED) is 0.479. The number of nitrogens with two attached hydrogens (primary N) is 1. The van der Waals surface area contributed by atoms with E-state index in [2.05, 4.69) is 15.1 Å². The first-order valence-corrected chi connectivity index (χ1v) is 8.79. The zero-order valence-electron chi connectivity index (χ0n) is 16.3. The van der Waals surface area contributed by atoms with Crippen molar-refractivity contribution in [3.63, 3.8) is 0 Å². The van der Waals surface area contributed by atoms with E-state index in [9.17, 15) is 18.7 Å². The summed E-state index contributed by atoms with van der Waals surface area (Å²) in [6, 6.07) is 0.988.